The number of hydrogen-bond donors (Lipinski definition) is 1. The molecule has 0 saturated heterocycles. The van der Waals surface area contributed by atoms with Crippen molar-refractivity contribution in [3.05, 3.63) is 93.5 Å². The first-order valence-electron chi connectivity index (χ1n) is 9.70. The number of carbonyl (C=O) groups excluding carboxylic acids is 1. The Morgan fingerprint density at radius 2 is 1.88 bits per heavy atom. The summed E-state index contributed by atoms with van der Waals surface area (Å²) in [6.45, 7) is -0.586. The number of benzene rings is 3. The number of rotatable bonds is 9. The molecule has 0 aliphatic carbocycles. The molecule has 0 aromatic heterocycles. The molecular formula is C22H19ClN4O6S. The van der Waals surface area contributed by atoms with Crippen LogP contribution in [-0.4, -0.2) is 39.1 Å². The molecule has 34 heavy (non-hydrogen) atoms. The molecule has 3 rings (SSSR count). The van der Waals surface area contributed by atoms with Gasteiger partial charge in [0.2, 0.25) is 0 Å². The van der Waals surface area contributed by atoms with Gasteiger partial charge in [0, 0.05) is 16.7 Å². The highest BCUT2D eigenvalue weighted by Crippen LogP contribution is 2.27. The van der Waals surface area contributed by atoms with Crippen LogP contribution >= 0.6 is 11.6 Å². The van der Waals surface area contributed by atoms with Crippen LogP contribution in [-0.2, 0) is 14.8 Å². The molecule has 10 nitrogen and oxygen atoms in total. The van der Waals surface area contributed by atoms with Crippen LogP contribution in [0.5, 0.6) is 5.75 Å². The topological polar surface area (TPSA) is 131 Å². The van der Waals surface area contributed by atoms with E-state index in [1.165, 1.54) is 55.8 Å². The lowest BCUT2D eigenvalue weighted by atomic mass is 10.2. The van der Waals surface area contributed by atoms with E-state index in [1.54, 1.807) is 30.3 Å². The molecule has 0 heterocycles. The fraction of sp³-hybridized carbons (Fsp3) is 0.0909. The Morgan fingerprint density at radius 1 is 1.15 bits per heavy atom. The number of nitrogens with zero attached hydrogens (tertiary/aromatic N) is 3. The van der Waals surface area contributed by atoms with E-state index in [-0.39, 0.29) is 22.0 Å². The fourth-order valence-corrected chi connectivity index (χ4v) is 4.56. The van der Waals surface area contributed by atoms with Crippen molar-refractivity contribution in [3.63, 3.8) is 0 Å². The minimum absolute atomic E-state index is 0.00295. The number of amides is 1. The molecule has 12 heteroatoms. The first-order chi connectivity index (χ1) is 16.2. The average molecular weight is 503 g/mol. The second-order valence-corrected chi connectivity index (χ2v) is 9.08. The Morgan fingerprint density at radius 3 is 2.53 bits per heavy atom. The van der Waals surface area contributed by atoms with E-state index in [2.05, 4.69) is 10.5 Å². The highest BCUT2D eigenvalue weighted by molar-refractivity contribution is 7.92. The molecule has 0 saturated carbocycles. The van der Waals surface area contributed by atoms with E-state index >= 15 is 0 Å². The number of ether oxygens (including phenoxy) is 1. The van der Waals surface area contributed by atoms with Crippen molar-refractivity contribution >= 4 is 45.1 Å². The van der Waals surface area contributed by atoms with Gasteiger partial charge in [-0.05, 0) is 42.5 Å². The van der Waals surface area contributed by atoms with Crippen LogP contribution in [0.25, 0.3) is 0 Å². The smallest absolute Gasteiger partial charge is 0.311 e. The van der Waals surface area contributed by atoms with Crippen LogP contribution in [0.1, 0.15) is 5.56 Å². The lowest BCUT2D eigenvalue weighted by Crippen LogP contribution is -2.39. The zero-order chi connectivity index (χ0) is 24.7. The van der Waals surface area contributed by atoms with Crippen LogP contribution in [0.4, 0.5) is 11.4 Å². The van der Waals surface area contributed by atoms with Crippen molar-refractivity contribution in [2.75, 3.05) is 18.0 Å². The Hall–Kier alpha value is -3.96. The van der Waals surface area contributed by atoms with E-state index in [1.807, 2.05) is 0 Å². The van der Waals surface area contributed by atoms with Crippen molar-refractivity contribution in [2.24, 2.45) is 5.10 Å². The predicted octanol–water partition coefficient (Wildman–Crippen LogP) is 3.60. The molecule has 0 atom stereocenters. The van der Waals surface area contributed by atoms with Gasteiger partial charge in [-0.3, -0.25) is 19.2 Å². The lowest BCUT2D eigenvalue weighted by molar-refractivity contribution is -0.385. The quantitative estimate of drug-likeness (QED) is 0.270. The Labute approximate surface area is 200 Å². The summed E-state index contributed by atoms with van der Waals surface area (Å²) in [5.41, 5.74) is 2.50. The van der Waals surface area contributed by atoms with Crippen molar-refractivity contribution < 1.29 is 22.9 Å². The van der Waals surface area contributed by atoms with Gasteiger partial charge in [-0.25, -0.2) is 13.8 Å². The molecule has 176 valence electrons. The molecular weight excluding hydrogens is 484 g/mol. The van der Waals surface area contributed by atoms with Crippen LogP contribution in [0.3, 0.4) is 0 Å². The van der Waals surface area contributed by atoms with Gasteiger partial charge in [-0.2, -0.15) is 5.10 Å². The third kappa shape index (κ3) is 5.88. The summed E-state index contributed by atoms with van der Waals surface area (Å²) in [7, 11) is -2.78. The van der Waals surface area contributed by atoms with E-state index in [0.717, 1.165) is 4.31 Å². The predicted molar refractivity (Wildman–Crippen MR) is 128 cm³/mol. The molecule has 0 fully saturated rings. The summed E-state index contributed by atoms with van der Waals surface area (Å²) in [6.07, 6.45) is 1.19. The zero-order valence-corrected chi connectivity index (χ0v) is 19.4. The van der Waals surface area contributed by atoms with Gasteiger partial charge in [0.1, 0.15) is 6.54 Å². The number of methoxy groups -OCH3 is 1. The number of hydrazone groups is 1. The molecule has 0 radical (unpaired) electrons. The van der Waals surface area contributed by atoms with E-state index in [4.69, 9.17) is 16.3 Å². The minimum atomic E-state index is -4.09. The maximum atomic E-state index is 13.2. The van der Waals surface area contributed by atoms with Gasteiger partial charge >= 0.3 is 5.69 Å². The number of nitrogens with one attached hydrogen (secondary N) is 1. The summed E-state index contributed by atoms with van der Waals surface area (Å²) in [4.78, 5) is 23.1. The Bertz CT molecular complexity index is 1330. The monoisotopic (exact) mass is 502 g/mol. The molecule has 1 amide bonds. The summed E-state index contributed by atoms with van der Waals surface area (Å²) < 4.78 is 32.3. The first-order valence-corrected chi connectivity index (χ1v) is 11.5. The minimum Gasteiger partial charge on any atom is -0.490 e. The third-order valence-corrected chi connectivity index (χ3v) is 6.54. The molecule has 3 aromatic carbocycles. The normalized spacial score (nSPS) is 11.2. The second kappa shape index (κ2) is 10.8. The van der Waals surface area contributed by atoms with Crippen molar-refractivity contribution in [3.8, 4) is 5.75 Å². The van der Waals surface area contributed by atoms with Crippen LogP contribution in [0.15, 0.2) is 82.8 Å². The molecule has 0 bridgehead atoms. The number of halogens is 1. The van der Waals surface area contributed by atoms with Gasteiger partial charge in [0.05, 0.1) is 28.8 Å². The van der Waals surface area contributed by atoms with Crippen LogP contribution < -0.4 is 14.5 Å². The van der Waals surface area contributed by atoms with Crippen molar-refractivity contribution in [1.29, 1.82) is 0 Å². The average Bonchev–Trinajstić information content (AvgIpc) is 2.83. The highest BCUT2D eigenvalue weighted by atomic mass is 35.5. The second-order valence-electron chi connectivity index (χ2n) is 6.79. The van der Waals surface area contributed by atoms with Gasteiger partial charge in [0.25, 0.3) is 15.9 Å². The number of hydrogen-bond acceptors (Lipinski definition) is 7. The first kappa shape index (κ1) is 24.7. The van der Waals surface area contributed by atoms with Crippen LogP contribution in [0, 0.1) is 10.1 Å². The number of nitro groups is 1. The number of nitro benzene ring substituents is 1. The molecule has 0 spiro atoms. The van der Waals surface area contributed by atoms with Gasteiger partial charge < -0.3 is 4.74 Å². The van der Waals surface area contributed by atoms with E-state index in [9.17, 15) is 23.3 Å². The molecule has 0 unspecified atom stereocenters. The third-order valence-electron chi connectivity index (χ3n) is 4.52. The molecule has 0 aliphatic heterocycles. The SMILES string of the molecule is COc1ccc(/C=N\NC(=O)CN(c2cccc(Cl)c2)S(=O)(=O)c2ccccc2)cc1[N+](=O)[O-]. The number of anilines is 1. The Kier molecular flexibility index (Phi) is 7.82. The molecule has 3 aromatic rings. The highest BCUT2D eigenvalue weighted by Gasteiger charge is 2.27. The summed E-state index contributed by atoms with van der Waals surface area (Å²) in [5.74, 6) is -0.659. The van der Waals surface area contributed by atoms with E-state index < -0.39 is 27.4 Å². The summed E-state index contributed by atoms with van der Waals surface area (Å²) in [5, 5.41) is 15.2. The fourth-order valence-electron chi connectivity index (χ4n) is 2.94. The maximum Gasteiger partial charge on any atom is 0.311 e. The summed E-state index contributed by atoms with van der Waals surface area (Å²) >= 11 is 6.03. The lowest BCUT2D eigenvalue weighted by Gasteiger charge is -2.23. The van der Waals surface area contributed by atoms with Gasteiger partial charge in [-0.15, -0.1) is 0 Å². The standard InChI is InChI=1S/C22H19ClN4O6S/c1-33-21-11-10-16(12-20(21)27(29)30)14-24-25-22(28)15-26(18-7-5-6-17(23)13-18)34(31,32)19-8-3-2-4-9-19/h2-14H,15H2,1H3,(H,25,28)/b24-14-. The largest absolute Gasteiger partial charge is 0.490 e. The Balaban J connectivity index is 1.81. The maximum absolute atomic E-state index is 13.2. The summed E-state index contributed by atoms with van der Waals surface area (Å²) in [6, 6.07) is 17.9. The number of carbonyl (C=O) groups is 1. The van der Waals surface area contributed by atoms with Crippen molar-refractivity contribution in [1.82, 2.24) is 5.43 Å². The van der Waals surface area contributed by atoms with Gasteiger partial charge in [0.15, 0.2) is 5.75 Å². The molecule has 1 N–H and O–H groups in total. The van der Waals surface area contributed by atoms with Gasteiger partial charge in [-0.1, -0.05) is 35.9 Å². The van der Waals surface area contributed by atoms with Crippen LogP contribution in [0.2, 0.25) is 5.02 Å². The zero-order valence-electron chi connectivity index (χ0n) is 17.8. The molecule has 0 aliphatic rings. The van der Waals surface area contributed by atoms with E-state index in [0.29, 0.717) is 10.6 Å². The number of sulfonamides is 1. The van der Waals surface area contributed by atoms with Crippen molar-refractivity contribution in [2.45, 2.75) is 4.90 Å².